The molecule has 1 saturated heterocycles. The minimum atomic E-state index is -0.157. The van der Waals surface area contributed by atoms with E-state index in [9.17, 15) is 4.79 Å². The smallest absolute Gasteiger partial charge is 0.264 e. The summed E-state index contributed by atoms with van der Waals surface area (Å²) in [6, 6.07) is 15.0. The summed E-state index contributed by atoms with van der Waals surface area (Å²) >= 11 is 1.30. The van der Waals surface area contributed by atoms with Gasteiger partial charge in [-0.1, -0.05) is 30.3 Å². The molecule has 0 spiro atoms. The Morgan fingerprint density at radius 2 is 1.88 bits per heavy atom. The second-order valence-electron chi connectivity index (χ2n) is 4.93. The molecule has 1 heterocycles. The molecule has 1 amide bonds. The number of nitrogens with zero attached hydrogens (tertiary/aromatic N) is 1. The van der Waals surface area contributed by atoms with Crippen molar-refractivity contribution >= 4 is 34.6 Å². The molecule has 6 heteroatoms. The Labute approximate surface area is 144 Å². The summed E-state index contributed by atoms with van der Waals surface area (Å²) in [5.74, 6) is 1.11. The van der Waals surface area contributed by atoms with Crippen LogP contribution in [-0.4, -0.2) is 25.3 Å². The molecular weight excluding hydrogens is 324 g/mol. The first-order valence-corrected chi connectivity index (χ1v) is 8.08. The maximum absolute atomic E-state index is 12.1. The Bertz CT molecular complexity index is 816. The van der Waals surface area contributed by atoms with Gasteiger partial charge in [-0.05, 0) is 35.5 Å². The Kier molecular flexibility index (Phi) is 4.86. The molecule has 0 aromatic heterocycles. The van der Waals surface area contributed by atoms with Gasteiger partial charge in [0.05, 0.1) is 19.1 Å². The van der Waals surface area contributed by atoms with Gasteiger partial charge in [-0.15, -0.1) is 0 Å². The molecule has 0 aliphatic carbocycles. The summed E-state index contributed by atoms with van der Waals surface area (Å²) in [6.45, 7) is 0. The van der Waals surface area contributed by atoms with E-state index in [2.05, 4.69) is 10.3 Å². The fourth-order valence-electron chi connectivity index (χ4n) is 2.17. The highest BCUT2D eigenvalue weighted by atomic mass is 32.2. The fourth-order valence-corrected chi connectivity index (χ4v) is 3.00. The van der Waals surface area contributed by atoms with Crippen LogP contribution in [0.3, 0.4) is 0 Å². The SMILES string of the molecule is COc1ccc(N=C2NC(=O)/C(=C/c3ccccc3)S2)c(OC)c1. The molecular formula is C18H16N2O3S. The maximum Gasteiger partial charge on any atom is 0.264 e. The number of thioether (sulfide) groups is 1. The van der Waals surface area contributed by atoms with E-state index in [1.807, 2.05) is 36.4 Å². The van der Waals surface area contributed by atoms with Crippen LogP contribution in [0.5, 0.6) is 11.5 Å². The summed E-state index contributed by atoms with van der Waals surface area (Å²) in [6.07, 6.45) is 1.84. The third-order valence-corrected chi connectivity index (χ3v) is 4.27. The molecule has 0 atom stereocenters. The van der Waals surface area contributed by atoms with Crippen molar-refractivity contribution in [3.05, 3.63) is 59.0 Å². The monoisotopic (exact) mass is 340 g/mol. The van der Waals surface area contributed by atoms with Gasteiger partial charge in [0.1, 0.15) is 17.2 Å². The van der Waals surface area contributed by atoms with Crippen LogP contribution >= 0.6 is 11.8 Å². The lowest BCUT2D eigenvalue weighted by Crippen LogP contribution is -2.19. The number of hydrogen-bond acceptors (Lipinski definition) is 5. The fraction of sp³-hybridized carbons (Fsp3) is 0.111. The van der Waals surface area contributed by atoms with Crippen molar-refractivity contribution in [1.29, 1.82) is 0 Å². The second kappa shape index (κ2) is 7.23. The van der Waals surface area contributed by atoms with E-state index in [1.165, 1.54) is 11.8 Å². The molecule has 2 aromatic carbocycles. The zero-order valence-corrected chi connectivity index (χ0v) is 14.1. The number of amidine groups is 1. The number of benzene rings is 2. The molecule has 1 aliphatic rings. The number of hydrogen-bond donors (Lipinski definition) is 1. The molecule has 0 saturated carbocycles. The average Bonchev–Trinajstić information content (AvgIpc) is 2.95. The predicted octanol–water partition coefficient (Wildman–Crippen LogP) is 3.60. The van der Waals surface area contributed by atoms with Crippen molar-refractivity contribution in [1.82, 2.24) is 5.32 Å². The van der Waals surface area contributed by atoms with Crippen molar-refractivity contribution in [3.8, 4) is 11.5 Å². The first-order chi connectivity index (χ1) is 11.7. The molecule has 1 fully saturated rings. The van der Waals surface area contributed by atoms with Crippen molar-refractivity contribution in [3.63, 3.8) is 0 Å². The molecule has 3 rings (SSSR count). The van der Waals surface area contributed by atoms with E-state index in [1.54, 1.807) is 32.4 Å². The van der Waals surface area contributed by atoms with E-state index < -0.39 is 0 Å². The minimum absolute atomic E-state index is 0.157. The van der Waals surface area contributed by atoms with E-state index in [-0.39, 0.29) is 5.91 Å². The third-order valence-electron chi connectivity index (χ3n) is 3.36. The predicted molar refractivity (Wildman–Crippen MR) is 96.8 cm³/mol. The number of methoxy groups -OCH3 is 2. The Balaban J connectivity index is 1.86. The van der Waals surface area contributed by atoms with E-state index in [0.717, 1.165) is 5.56 Å². The highest BCUT2D eigenvalue weighted by Gasteiger charge is 2.24. The van der Waals surface area contributed by atoms with Gasteiger partial charge in [0, 0.05) is 6.07 Å². The Morgan fingerprint density at radius 3 is 2.58 bits per heavy atom. The summed E-state index contributed by atoms with van der Waals surface area (Å²) in [7, 11) is 3.16. The first kappa shape index (κ1) is 16.1. The van der Waals surface area contributed by atoms with Gasteiger partial charge in [0.2, 0.25) is 0 Å². The van der Waals surface area contributed by atoms with Gasteiger partial charge in [-0.25, -0.2) is 4.99 Å². The van der Waals surface area contributed by atoms with Crippen LogP contribution in [0.1, 0.15) is 5.56 Å². The molecule has 0 unspecified atom stereocenters. The van der Waals surface area contributed by atoms with Crippen molar-refractivity contribution < 1.29 is 14.3 Å². The van der Waals surface area contributed by atoms with Crippen LogP contribution < -0.4 is 14.8 Å². The van der Waals surface area contributed by atoms with E-state index >= 15 is 0 Å². The zero-order valence-electron chi connectivity index (χ0n) is 13.3. The van der Waals surface area contributed by atoms with Crippen LogP contribution in [0.2, 0.25) is 0 Å². The van der Waals surface area contributed by atoms with Crippen LogP contribution in [0.25, 0.3) is 6.08 Å². The van der Waals surface area contributed by atoms with E-state index in [4.69, 9.17) is 9.47 Å². The largest absolute Gasteiger partial charge is 0.497 e. The van der Waals surface area contributed by atoms with Gasteiger partial charge < -0.3 is 14.8 Å². The highest BCUT2D eigenvalue weighted by Crippen LogP contribution is 2.34. The van der Waals surface area contributed by atoms with Crippen LogP contribution in [0, 0.1) is 0 Å². The number of rotatable bonds is 4. The number of amides is 1. The minimum Gasteiger partial charge on any atom is -0.497 e. The molecule has 1 N–H and O–H groups in total. The lowest BCUT2D eigenvalue weighted by atomic mass is 10.2. The third kappa shape index (κ3) is 3.60. The number of aliphatic imine (C=N–C) groups is 1. The normalized spacial score (nSPS) is 17.2. The number of carbonyl (C=O) groups is 1. The molecule has 0 bridgehead atoms. The van der Waals surface area contributed by atoms with Crippen LogP contribution in [-0.2, 0) is 4.79 Å². The van der Waals surface area contributed by atoms with Gasteiger partial charge >= 0.3 is 0 Å². The van der Waals surface area contributed by atoms with Gasteiger partial charge in [0.25, 0.3) is 5.91 Å². The Hall–Kier alpha value is -2.73. The van der Waals surface area contributed by atoms with Gasteiger partial charge in [0.15, 0.2) is 5.17 Å². The van der Waals surface area contributed by atoms with Crippen LogP contribution in [0.15, 0.2) is 58.4 Å². The first-order valence-electron chi connectivity index (χ1n) is 7.26. The topological polar surface area (TPSA) is 59.9 Å². The summed E-state index contributed by atoms with van der Waals surface area (Å²) in [4.78, 5) is 17.2. The van der Waals surface area contributed by atoms with E-state index in [0.29, 0.717) is 27.3 Å². The Morgan fingerprint density at radius 1 is 1.08 bits per heavy atom. The molecule has 24 heavy (non-hydrogen) atoms. The van der Waals surface area contributed by atoms with Gasteiger partial charge in [-0.2, -0.15) is 0 Å². The summed E-state index contributed by atoms with van der Waals surface area (Å²) in [5, 5.41) is 3.29. The van der Waals surface area contributed by atoms with Crippen molar-refractivity contribution in [2.45, 2.75) is 0 Å². The molecule has 2 aromatic rings. The summed E-state index contributed by atoms with van der Waals surface area (Å²) < 4.78 is 10.5. The van der Waals surface area contributed by atoms with Gasteiger partial charge in [-0.3, -0.25) is 4.79 Å². The van der Waals surface area contributed by atoms with Crippen molar-refractivity contribution in [2.75, 3.05) is 14.2 Å². The lowest BCUT2D eigenvalue weighted by Gasteiger charge is -2.07. The van der Waals surface area contributed by atoms with Crippen LogP contribution in [0.4, 0.5) is 5.69 Å². The molecule has 5 nitrogen and oxygen atoms in total. The number of carbonyl (C=O) groups excluding carboxylic acids is 1. The number of ether oxygens (including phenoxy) is 2. The maximum atomic E-state index is 12.1. The highest BCUT2D eigenvalue weighted by molar-refractivity contribution is 8.18. The standard InChI is InChI=1S/C18H16N2O3S/c1-22-13-8-9-14(15(11-13)23-2)19-18-20-17(21)16(24-18)10-12-6-4-3-5-7-12/h3-11H,1-2H3,(H,19,20,21)/b16-10-. The molecule has 1 aliphatic heterocycles. The second-order valence-corrected chi connectivity index (χ2v) is 5.96. The zero-order chi connectivity index (χ0) is 16.9. The lowest BCUT2D eigenvalue weighted by molar-refractivity contribution is -0.115. The number of nitrogens with one attached hydrogen (secondary N) is 1. The average molecular weight is 340 g/mol. The quantitative estimate of drug-likeness (QED) is 0.864. The molecule has 122 valence electrons. The van der Waals surface area contributed by atoms with Crippen molar-refractivity contribution in [2.24, 2.45) is 4.99 Å². The summed E-state index contributed by atoms with van der Waals surface area (Å²) in [5.41, 5.74) is 1.60. The molecule has 0 radical (unpaired) electrons.